The zero-order valence-electron chi connectivity index (χ0n) is 18.2. The van der Waals surface area contributed by atoms with E-state index in [4.69, 9.17) is 18.9 Å². The Bertz CT molecular complexity index is 727. The highest BCUT2D eigenvalue weighted by Crippen LogP contribution is 2.27. The minimum Gasteiger partial charge on any atom is -0.493 e. The van der Waals surface area contributed by atoms with Gasteiger partial charge in [0.15, 0.2) is 29.0 Å². The normalized spacial score (nSPS) is 11.9. The molecule has 2 atom stereocenters. The molecule has 2 aromatic carbocycles. The number of hydrogen-bond acceptors (Lipinski definition) is 5. The minimum absolute atomic E-state index is 0. The van der Waals surface area contributed by atoms with Gasteiger partial charge in [0.2, 0.25) is 0 Å². The van der Waals surface area contributed by atoms with Crippen LogP contribution in [0.2, 0.25) is 0 Å². The van der Waals surface area contributed by atoms with Crippen molar-refractivity contribution < 1.29 is 18.9 Å². The van der Waals surface area contributed by atoms with Crippen LogP contribution >= 0.6 is 24.0 Å². The summed E-state index contributed by atoms with van der Waals surface area (Å²) in [5.74, 6) is 3.53. The van der Waals surface area contributed by atoms with Gasteiger partial charge in [0.1, 0.15) is 12.2 Å². The summed E-state index contributed by atoms with van der Waals surface area (Å²) in [6.45, 7) is 5.14. The van der Waals surface area contributed by atoms with Gasteiger partial charge in [-0.15, -0.1) is 24.0 Å². The molecule has 0 heterocycles. The molecule has 2 N–H and O–H groups in total. The Morgan fingerprint density at radius 3 is 1.47 bits per heavy atom. The molecule has 0 aliphatic heterocycles. The number of rotatable bonds is 10. The quantitative estimate of drug-likeness (QED) is 0.278. The van der Waals surface area contributed by atoms with Gasteiger partial charge in [-0.1, -0.05) is 24.3 Å². The van der Waals surface area contributed by atoms with Crippen LogP contribution < -0.4 is 29.6 Å². The molecule has 30 heavy (non-hydrogen) atoms. The van der Waals surface area contributed by atoms with Gasteiger partial charge in [0.05, 0.1) is 27.3 Å². The van der Waals surface area contributed by atoms with Crippen molar-refractivity contribution in [3.8, 4) is 23.0 Å². The van der Waals surface area contributed by atoms with Gasteiger partial charge in [-0.3, -0.25) is 4.99 Å². The fourth-order valence-electron chi connectivity index (χ4n) is 2.65. The van der Waals surface area contributed by atoms with Crippen LogP contribution in [0, 0.1) is 0 Å². The molecule has 0 radical (unpaired) electrons. The summed E-state index contributed by atoms with van der Waals surface area (Å²) in [7, 11) is 4.99. The number of benzene rings is 2. The van der Waals surface area contributed by atoms with E-state index >= 15 is 0 Å². The van der Waals surface area contributed by atoms with Crippen LogP contribution in [0.3, 0.4) is 0 Å². The molecule has 0 aliphatic rings. The first-order valence-electron chi connectivity index (χ1n) is 9.61. The second-order valence-corrected chi connectivity index (χ2v) is 6.49. The summed E-state index contributed by atoms with van der Waals surface area (Å²) < 4.78 is 22.5. The molecule has 0 saturated heterocycles. The SMILES string of the molecule is CN=C(NCC(C)Oc1ccccc1OC)NCC(C)Oc1ccccc1OC.I. The molecule has 2 rings (SSSR count). The molecule has 2 aromatic rings. The fourth-order valence-corrected chi connectivity index (χ4v) is 2.65. The van der Waals surface area contributed by atoms with Gasteiger partial charge in [-0.05, 0) is 38.1 Å². The molecule has 7 nitrogen and oxygen atoms in total. The predicted octanol–water partition coefficient (Wildman–Crippen LogP) is 3.72. The first-order chi connectivity index (χ1) is 14.1. The Morgan fingerprint density at radius 1 is 0.767 bits per heavy atom. The molecule has 0 saturated carbocycles. The monoisotopic (exact) mass is 529 g/mol. The first-order valence-corrected chi connectivity index (χ1v) is 9.61. The lowest BCUT2D eigenvalue weighted by Crippen LogP contribution is -2.44. The molecule has 8 heteroatoms. The average molecular weight is 529 g/mol. The van der Waals surface area contributed by atoms with Crippen LogP contribution in [0.25, 0.3) is 0 Å². The van der Waals surface area contributed by atoms with E-state index in [-0.39, 0.29) is 36.2 Å². The Balaban J connectivity index is 0.00000450. The topological polar surface area (TPSA) is 73.3 Å². The van der Waals surface area contributed by atoms with E-state index in [0.29, 0.717) is 42.0 Å². The molecule has 166 valence electrons. The number of methoxy groups -OCH3 is 2. The molecular weight excluding hydrogens is 497 g/mol. The fraction of sp³-hybridized carbons (Fsp3) is 0.409. The molecule has 0 fully saturated rings. The lowest BCUT2D eigenvalue weighted by Gasteiger charge is -2.21. The van der Waals surface area contributed by atoms with Crippen molar-refractivity contribution in [1.29, 1.82) is 0 Å². The summed E-state index contributed by atoms with van der Waals surface area (Å²) >= 11 is 0. The lowest BCUT2D eigenvalue weighted by molar-refractivity contribution is 0.209. The van der Waals surface area contributed by atoms with Crippen LogP contribution in [0.5, 0.6) is 23.0 Å². The second-order valence-electron chi connectivity index (χ2n) is 6.49. The van der Waals surface area contributed by atoms with Crippen LogP contribution in [0.15, 0.2) is 53.5 Å². The molecule has 0 spiro atoms. The van der Waals surface area contributed by atoms with Crippen molar-refractivity contribution in [2.45, 2.75) is 26.1 Å². The van der Waals surface area contributed by atoms with Gasteiger partial charge in [0.25, 0.3) is 0 Å². The lowest BCUT2D eigenvalue weighted by atomic mass is 10.3. The van der Waals surface area contributed by atoms with E-state index in [1.165, 1.54) is 0 Å². The number of para-hydroxylation sites is 4. The molecule has 0 aliphatic carbocycles. The Morgan fingerprint density at radius 2 is 1.13 bits per heavy atom. The van der Waals surface area contributed by atoms with Crippen molar-refractivity contribution in [3.05, 3.63) is 48.5 Å². The summed E-state index contributed by atoms with van der Waals surface area (Å²) in [5.41, 5.74) is 0. The minimum atomic E-state index is -0.0768. The smallest absolute Gasteiger partial charge is 0.191 e. The van der Waals surface area contributed by atoms with E-state index in [9.17, 15) is 0 Å². The number of nitrogens with zero attached hydrogens (tertiary/aromatic N) is 1. The Labute approximate surface area is 196 Å². The summed E-state index contributed by atoms with van der Waals surface area (Å²) in [5, 5.41) is 6.52. The largest absolute Gasteiger partial charge is 0.493 e. The van der Waals surface area contributed by atoms with Crippen LogP contribution in [0.4, 0.5) is 0 Å². The van der Waals surface area contributed by atoms with Crippen molar-refractivity contribution >= 4 is 29.9 Å². The highest BCUT2D eigenvalue weighted by Gasteiger charge is 2.11. The second kappa shape index (κ2) is 13.8. The van der Waals surface area contributed by atoms with Gasteiger partial charge in [-0.2, -0.15) is 0 Å². The Kier molecular flexibility index (Phi) is 11.8. The molecular formula is C22H32IN3O4. The molecule has 0 bridgehead atoms. The van der Waals surface area contributed by atoms with Crippen molar-refractivity contribution in [1.82, 2.24) is 10.6 Å². The third kappa shape index (κ3) is 8.17. The zero-order valence-corrected chi connectivity index (χ0v) is 20.5. The summed E-state index contributed by atoms with van der Waals surface area (Å²) in [4.78, 5) is 4.25. The third-order valence-corrected chi connectivity index (χ3v) is 4.13. The number of ether oxygens (including phenoxy) is 4. The Hall–Kier alpha value is -2.36. The van der Waals surface area contributed by atoms with Gasteiger partial charge < -0.3 is 29.6 Å². The predicted molar refractivity (Wildman–Crippen MR) is 131 cm³/mol. The molecule has 0 amide bonds. The highest BCUT2D eigenvalue weighted by molar-refractivity contribution is 14.0. The maximum Gasteiger partial charge on any atom is 0.191 e. The average Bonchev–Trinajstić information content (AvgIpc) is 2.74. The number of guanidine groups is 1. The zero-order chi connectivity index (χ0) is 21.1. The third-order valence-electron chi connectivity index (χ3n) is 4.13. The van der Waals surface area contributed by atoms with Crippen molar-refractivity contribution in [3.63, 3.8) is 0 Å². The van der Waals surface area contributed by atoms with Gasteiger partial charge in [0, 0.05) is 7.05 Å². The van der Waals surface area contributed by atoms with Crippen molar-refractivity contribution in [2.75, 3.05) is 34.4 Å². The number of aliphatic imine (C=N–C) groups is 1. The maximum absolute atomic E-state index is 5.95. The molecule has 0 aromatic heterocycles. The summed E-state index contributed by atoms with van der Waals surface area (Å²) in [6, 6.07) is 15.2. The molecule has 2 unspecified atom stereocenters. The van der Waals surface area contributed by atoms with Crippen LogP contribution in [-0.4, -0.2) is 52.5 Å². The highest BCUT2D eigenvalue weighted by atomic mass is 127. The van der Waals surface area contributed by atoms with E-state index < -0.39 is 0 Å². The first kappa shape index (κ1) is 25.7. The van der Waals surface area contributed by atoms with E-state index in [0.717, 1.165) is 0 Å². The number of nitrogens with one attached hydrogen (secondary N) is 2. The van der Waals surface area contributed by atoms with Crippen LogP contribution in [-0.2, 0) is 0 Å². The van der Waals surface area contributed by atoms with E-state index in [1.807, 2.05) is 62.4 Å². The van der Waals surface area contributed by atoms with Gasteiger partial charge in [-0.25, -0.2) is 0 Å². The number of hydrogen-bond donors (Lipinski definition) is 2. The maximum atomic E-state index is 5.95. The standard InChI is InChI=1S/C22H31N3O4.HI/c1-16(28-20-12-8-6-10-18(20)26-4)14-24-22(23-3)25-15-17(2)29-21-13-9-7-11-19(21)27-5;/h6-13,16-17H,14-15H2,1-5H3,(H2,23,24,25);1H. The number of halogens is 1. The van der Waals surface area contributed by atoms with E-state index in [2.05, 4.69) is 15.6 Å². The van der Waals surface area contributed by atoms with Crippen molar-refractivity contribution in [2.24, 2.45) is 4.99 Å². The van der Waals surface area contributed by atoms with E-state index in [1.54, 1.807) is 21.3 Å². The summed E-state index contributed by atoms with van der Waals surface area (Å²) in [6.07, 6.45) is -0.154. The van der Waals surface area contributed by atoms with Gasteiger partial charge >= 0.3 is 0 Å². The van der Waals surface area contributed by atoms with Crippen LogP contribution in [0.1, 0.15) is 13.8 Å².